The van der Waals surface area contributed by atoms with E-state index in [4.69, 9.17) is 27.9 Å². The molecule has 4 nitrogen and oxygen atoms in total. The summed E-state index contributed by atoms with van der Waals surface area (Å²) in [5.41, 5.74) is 0.770. The number of hydrogen-bond acceptors (Lipinski definition) is 5. The molecular formula is C13H14BrCl2N3OS. The molecule has 1 aromatic heterocycles. The van der Waals surface area contributed by atoms with Crippen LogP contribution >= 0.6 is 50.5 Å². The molecule has 8 heteroatoms. The first-order valence-corrected chi connectivity index (χ1v) is 8.39. The molecule has 0 aliphatic rings. The first-order chi connectivity index (χ1) is 9.93. The Bertz CT molecular complexity index is 649. The quantitative estimate of drug-likeness (QED) is 0.711. The van der Waals surface area contributed by atoms with Crippen molar-refractivity contribution in [2.75, 3.05) is 31.4 Å². The smallest absolute Gasteiger partial charge is 0.231 e. The topological polar surface area (TPSA) is 37.4 Å². The van der Waals surface area contributed by atoms with Crippen molar-refractivity contribution in [3.05, 3.63) is 31.5 Å². The van der Waals surface area contributed by atoms with Gasteiger partial charge >= 0.3 is 0 Å². The van der Waals surface area contributed by atoms with E-state index >= 15 is 0 Å². The number of anilines is 2. The fourth-order valence-electron chi connectivity index (χ4n) is 1.63. The third-order valence-corrected chi connectivity index (χ3v) is 5.68. The maximum absolute atomic E-state index is 6.22. The van der Waals surface area contributed by atoms with Crippen molar-refractivity contribution in [2.24, 2.45) is 0 Å². The van der Waals surface area contributed by atoms with Crippen LogP contribution in [0, 0.1) is 0 Å². The van der Waals surface area contributed by atoms with Crippen molar-refractivity contribution in [1.82, 2.24) is 4.98 Å². The number of hydrogen-bond donors (Lipinski definition) is 1. The third-order valence-electron chi connectivity index (χ3n) is 2.70. The molecule has 2 aromatic rings. The summed E-state index contributed by atoms with van der Waals surface area (Å²) in [6.07, 6.45) is 0. The predicted molar refractivity (Wildman–Crippen MR) is 94.5 cm³/mol. The molecule has 0 amide bonds. The second-order valence-corrected chi connectivity index (χ2v) is 7.07. The van der Waals surface area contributed by atoms with E-state index in [-0.39, 0.29) is 0 Å². The van der Waals surface area contributed by atoms with Crippen LogP contribution in [0.4, 0.5) is 10.8 Å². The van der Waals surface area contributed by atoms with Crippen molar-refractivity contribution < 1.29 is 4.74 Å². The van der Waals surface area contributed by atoms with Gasteiger partial charge in [-0.05, 0) is 28.1 Å². The minimum Gasteiger partial charge on any atom is -0.480 e. The van der Waals surface area contributed by atoms with Gasteiger partial charge in [0.1, 0.15) is 0 Å². The lowest BCUT2D eigenvalue weighted by Crippen LogP contribution is -2.07. The highest BCUT2D eigenvalue weighted by Crippen LogP contribution is 2.37. The van der Waals surface area contributed by atoms with Crippen LogP contribution < -0.4 is 15.0 Å². The van der Waals surface area contributed by atoms with Crippen LogP contribution in [0.1, 0.15) is 4.88 Å². The Morgan fingerprint density at radius 2 is 2.05 bits per heavy atom. The van der Waals surface area contributed by atoms with Gasteiger partial charge in [-0.3, -0.25) is 0 Å². The Morgan fingerprint density at radius 3 is 2.67 bits per heavy atom. The van der Waals surface area contributed by atoms with Gasteiger partial charge in [-0.25, -0.2) is 0 Å². The van der Waals surface area contributed by atoms with E-state index in [1.165, 1.54) is 0 Å². The summed E-state index contributed by atoms with van der Waals surface area (Å²) >= 11 is 17.2. The molecule has 114 valence electrons. The zero-order chi connectivity index (χ0) is 15.6. The average molecular weight is 411 g/mol. The number of methoxy groups -OCH3 is 1. The molecule has 0 saturated carbocycles. The van der Waals surface area contributed by atoms with Gasteiger partial charge in [0.25, 0.3) is 0 Å². The molecule has 0 bridgehead atoms. The van der Waals surface area contributed by atoms with Gasteiger partial charge in [0.2, 0.25) is 5.88 Å². The van der Waals surface area contributed by atoms with Crippen LogP contribution in [0.5, 0.6) is 5.88 Å². The normalized spacial score (nSPS) is 10.6. The van der Waals surface area contributed by atoms with E-state index in [0.717, 1.165) is 20.2 Å². The average Bonchev–Trinajstić information content (AvgIpc) is 2.87. The van der Waals surface area contributed by atoms with Crippen LogP contribution in [0.2, 0.25) is 10.0 Å². The summed E-state index contributed by atoms with van der Waals surface area (Å²) < 4.78 is 6.07. The van der Waals surface area contributed by atoms with Gasteiger partial charge < -0.3 is 15.0 Å². The molecule has 0 saturated heterocycles. The van der Waals surface area contributed by atoms with Gasteiger partial charge in [0, 0.05) is 18.6 Å². The van der Waals surface area contributed by atoms with Crippen molar-refractivity contribution >= 4 is 61.3 Å². The largest absolute Gasteiger partial charge is 0.480 e. The summed E-state index contributed by atoms with van der Waals surface area (Å²) in [7, 11) is 5.50. The number of thiazole rings is 1. The van der Waals surface area contributed by atoms with E-state index in [0.29, 0.717) is 22.5 Å². The van der Waals surface area contributed by atoms with Crippen molar-refractivity contribution in [2.45, 2.75) is 6.54 Å². The fourth-order valence-corrected chi connectivity index (χ4v) is 3.36. The van der Waals surface area contributed by atoms with Crippen LogP contribution in [0.3, 0.4) is 0 Å². The Labute approximate surface area is 146 Å². The van der Waals surface area contributed by atoms with E-state index in [9.17, 15) is 0 Å². The number of aromatic nitrogens is 1. The Balaban J connectivity index is 2.18. The molecule has 1 heterocycles. The highest BCUT2D eigenvalue weighted by atomic mass is 79.9. The van der Waals surface area contributed by atoms with Crippen molar-refractivity contribution in [3.8, 4) is 5.88 Å². The maximum Gasteiger partial charge on any atom is 0.231 e. The molecule has 0 aliphatic carbocycles. The zero-order valence-corrected chi connectivity index (χ0v) is 15.6. The fraction of sp³-hybridized carbons (Fsp3) is 0.308. The third kappa shape index (κ3) is 3.74. The van der Waals surface area contributed by atoms with Crippen LogP contribution in [0.25, 0.3) is 0 Å². The second kappa shape index (κ2) is 7.05. The number of nitrogens with one attached hydrogen (secondary N) is 1. The van der Waals surface area contributed by atoms with Gasteiger partial charge in [-0.15, -0.1) is 0 Å². The summed E-state index contributed by atoms with van der Waals surface area (Å²) in [5, 5.41) is 5.13. The van der Waals surface area contributed by atoms with Crippen LogP contribution in [-0.2, 0) is 6.54 Å². The molecule has 1 N–H and O–H groups in total. The van der Waals surface area contributed by atoms with Gasteiger partial charge in [0.15, 0.2) is 5.13 Å². The lowest BCUT2D eigenvalue weighted by Gasteiger charge is -2.10. The highest BCUT2D eigenvalue weighted by molar-refractivity contribution is 9.10. The van der Waals surface area contributed by atoms with Crippen LogP contribution in [-0.4, -0.2) is 26.2 Å². The molecule has 0 unspecified atom stereocenters. The number of benzene rings is 1. The molecule has 0 radical (unpaired) electrons. The lowest BCUT2D eigenvalue weighted by molar-refractivity contribution is 0.397. The summed E-state index contributed by atoms with van der Waals surface area (Å²) in [6, 6.07) is 3.73. The first kappa shape index (κ1) is 16.7. The van der Waals surface area contributed by atoms with E-state index in [1.54, 1.807) is 18.4 Å². The van der Waals surface area contributed by atoms with Gasteiger partial charge in [-0.2, -0.15) is 4.98 Å². The Morgan fingerprint density at radius 1 is 1.33 bits per heavy atom. The summed E-state index contributed by atoms with van der Waals surface area (Å²) in [6.45, 7) is 0.562. The van der Waals surface area contributed by atoms with E-state index in [2.05, 4.69) is 26.2 Å². The minimum atomic E-state index is 0.488. The Hall–Kier alpha value is -0.690. The lowest BCUT2D eigenvalue weighted by atomic mass is 10.3. The summed E-state index contributed by atoms with van der Waals surface area (Å²) in [5.74, 6) is 0.621. The van der Waals surface area contributed by atoms with Gasteiger partial charge in [0.05, 0.1) is 34.3 Å². The Kier molecular flexibility index (Phi) is 5.60. The molecule has 0 spiro atoms. The van der Waals surface area contributed by atoms with E-state index < -0.39 is 0 Å². The number of nitrogens with zero attached hydrogens (tertiary/aromatic N) is 2. The van der Waals surface area contributed by atoms with Crippen molar-refractivity contribution in [3.63, 3.8) is 0 Å². The molecule has 0 fully saturated rings. The molecular weight excluding hydrogens is 397 g/mol. The maximum atomic E-state index is 6.22. The number of halogens is 3. The number of rotatable bonds is 5. The molecule has 0 aliphatic heterocycles. The first-order valence-electron chi connectivity index (χ1n) is 6.02. The van der Waals surface area contributed by atoms with Crippen molar-refractivity contribution in [1.29, 1.82) is 0 Å². The number of ether oxygens (including phenoxy) is 1. The van der Waals surface area contributed by atoms with Crippen LogP contribution in [0.15, 0.2) is 16.6 Å². The second-order valence-electron chi connectivity index (χ2n) is 4.40. The molecule has 0 atom stereocenters. The highest BCUT2D eigenvalue weighted by Gasteiger charge is 2.14. The van der Waals surface area contributed by atoms with Gasteiger partial charge in [-0.1, -0.05) is 34.5 Å². The monoisotopic (exact) mass is 409 g/mol. The zero-order valence-electron chi connectivity index (χ0n) is 11.7. The molecule has 21 heavy (non-hydrogen) atoms. The SMILES string of the molecule is COc1nc(N(C)C)sc1CNc1ccc(Br)c(Cl)c1Cl. The minimum absolute atomic E-state index is 0.488. The standard InChI is InChI=1S/C13H14BrCl2N3OS/c1-19(2)13-18-12(20-3)9(21-13)6-17-8-5-4-7(14)10(15)11(8)16/h4-5,17H,6H2,1-3H3. The molecule has 1 aromatic carbocycles. The van der Waals surface area contributed by atoms with E-state index in [1.807, 2.05) is 31.1 Å². The predicted octanol–water partition coefficient (Wildman–Crippen LogP) is 4.90. The summed E-state index contributed by atoms with van der Waals surface area (Å²) in [4.78, 5) is 7.35. The molecule has 2 rings (SSSR count).